The molecule has 0 bridgehead atoms. The van der Waals surface area contributed by atoms with E-state index in [0.29, 0.717) is 35.0 Å². The highest BCUT2D eigenvalue weighted by Crippen LogP contribution is 2.28. The number of fused-ring (bicyclic) bond motifs is 1. The molecule has 0 atom stereocenters. The summed E-state index contributed by atoms with van der Waals surface area (Å²) in [7, 11) is 3.07. The normalized spacial score (nSPS) is 14.7. The zero-order chi connectivity index (χ0) is 17.6. The molecule has 1 N–H and O–H groups in total. The van der Waals surface area contributed by atoms with Crippen LogP contribution in [-0.2, 0) is 16.1 Å². The summed E-state index contributed by atoms with van der Waals surface area (Å²) in [4.78, 5) is 17.2. The van der Waals surface area contributed by atoms with Crippen molar-refractivity contribution in [1.29, 1.82) is 0 Å². The number of carbonyl (C=O) groups is 1. The zero-order valence-electron chi connectivity index (χ0n) is 13.9. The average Bonchev–Trinajstić information content (AvgIpc) is 3.11. The number of amides is 1. The Morgan fingerprint density at radius 1 is 1.28 bits per heavy atom. The van der Waals surface area contributed by atoms with Crippen molar-refractivity contribution in [2.45, 2.75) is 19.3 Å². The van der Waals surface area contributed by atoms with Crippen LogP contribution in [0.15, 0.2) is 28.0 Å². The molecule has 2 aromatic rings. The van der Waals surface area contributed by atoms with E-state index in [0.717, 1.165) is 18.5 Å². The molecule has 1 aromatic heterocycles. The van der Waals surface area contributed by atoms with E-state index in [9.17, 15) is 4.79 Å². The molecule has 0 spiro atoms. The Morgan fingerprint density at radius 2 is 2.16 bits per heavy atom. The van der Waals surface area contributed by atoms with E-state index in [4.69, 9.17) is 18.9 Å². The molecular weight excluding hydrogens is 328 g/mol. The smallest absolute Gasteiger partial charge is 0.265 e. The summed E-state index contributed by atoms with van der Waals surface area (Å²) in [6.45, 7) is -0.237. The van der Waals surface area contributed by atoms with Gasteiger partial charge in [0, 0.05) is 6.07 Å². The van der Waals surface area contributed by atoms with Gasteiger partial charge in [-0.25, -0.2) is 4.63 Å². The van der Waals surface area contributed by atoms with Crippen molar-refractivity contribution < 1.29 is 23.7 Å². The van der Waals surface area contributed by atoms with Crippen molar-refractivity contribution >= 4 is 17.3 Å². The van der Waals surface area contributed by atoms with Gasteiger partial charge in [0.2, 0.25) is 0 Å². The number of methoxy groups -OCH3 is 2. The minimum atomic E-state index is -0.359. The molecule has 1 aliphatic carbocycles. The van der Waals surface area contributed by atoms with E-state index in [1.54, 1.807) is 25.3 Å². The van der Waals surface area contributed by atoms with Crippen LogP contribution in [0.25, 0.3) is 0 Å². The van der Waals surface area contributed by atoms with Gasteiger partial charge in [0.15, 0.2) is 12.3 Å². The molecule has 0 saturated heterocycles. The molecule has 1 heterocycles. The van der Waals surface area contributed by atoms with E-state index < -0.39 is 0 Å². The lowest BCUT2D eigenvalue weighted by atomic mass is 9.99. The quantitative estimate of drug-likeness (QED) is 0.794. The van der Waals surface area contributed by atoms with Gasteiger partial charge in [0.05, 0.1) is 19.9 Å². The van der Waals surface area contributed by atoms with Crippen LogP contribution in [-0.4, -0.2) is 42.8 Å². The summed E-state index contributed by atoms with van der Waals surface area (Å²) in [5.41, 5.74) is 2.52. The molecule has 0 radical (unpaired) electrons. The summed E-state index contributed by atoms with van der Waals surface area (Å²) in [6.07, 6.45) is 2.39. The van der Waals surface area contributed by atoms with Crippen molar-refractivity contribution in [3.05, 3.63) is 29.6 Å². The van der Waals surface area contributed by atoms with Crippen LogP contribution in [0.5, 0.6) is 11.5 Å². The molecule has 25 heavy (non-hydrogen) atoms. The van der Waals surface area contributed by atoms with Crippen LogP contribution in [0.3, 0.4) is 0 Å². The average molecular weight is 346 g/mol. The molecule has 0 aliphatic heterocycles. The molecule has 1 aliphatic rings. The topological polar surface area (TPSA) is 108 Å². The number of anilines is 1. The van der Waals surface area contributed by atoms with Gasteiger partial charge in [0.25, 0.3) is 5.91 Å². The Morgan fingerprint density at radius 3 is 2.96 bits per heavy atom. The van der Waals surface area contributed by atoms with E-state index in [-0.39, 0.29) is 12.5 Å². The second kappa shape index (κ2) is 7.65. The van der Waals surface area contributed by atoms with E-state index in [2.05, 4.69) is 20.8 Å². The molecule has 3 rings (SSSR count). The molecular formula is C16H18N4O5. The SMILES string of the molecule is COc1ccc(NC(=O)CON=C2CCCc3nonc32)c(OC)c1. The van der Waals surface area contributed by atoms with Gasteiger partial charge >= 0.3 is 0 Å². The fourth-order valence-corrected chi connectivity index (χ4v) is 2.48. The Hall–Kier alpha value is -3.10. The van der Waals surface area contributed by atoms with Crippen LogP contribution >= 0.6 is 0 Å². The standard InChI is InChI=1S/C16H18N4O5/c1-22-10-6-7-11(14(8-10)23-2)17-15(21)9-24-18-12-4-3-5-13-16(12)20-25-19-13/h6-8H,3-5,9H2,1-2H3,(H,17,21). The van der Waals surface area contributed by atoms with Crippen LogP contribution in [0, 0.1) is 0 Å². The number of nitrogens with one attached hydrogen (secondary N) is 1. The predicted molar refractivity (Wildman–Crippen MR) is 87.9 cm³/mol. The molecule has 0 saturated carbocycles. The van der Waals surface area contributed by atoms with Crippen LogP contribution in [0.1, 0.15) is 24.2 Å². The fraction of sp³-hybridized carbons (Fsp3) is 0.375. The zero-order valence-corrected chi connectivity index (χ0v) is 13.9. The fourth-order valence-electron chi connectivity index (χ4n) is 2.48. The Labute approximate surface area is 143 Å². The first kappa shape index (κ1) is 16.7. The number of oxime groups is 1. The third-order valence-corrected chi connectivity index (χ3v) is 3.71. The lowest BCUT2D eigenvalue weighted by molar-refractivity contribution is -0.120. The highest BCUT2D eigenvalue weighted by Gasteiger charge is 2.22. The first-order chi connectivity index (χ1) is 12.2. The summed E-state index contributed by atoms with van der Waals surface area (Å²) in [5, 5.41) is 14.3. The van der Waals surface area contributed by atoms with E-state index in [1.807, 2.05) is 0 Å². The van der Waals surface area contributed by atoms with Gasteiger partial charge in [-0.2, -0.15) is 0 Å². The molecule has 1 amide bonds. The number of rotatable bonds is 6. The highest BCUT2D eigenvalue weighted by molar-refractivity contribution is 6.00. The number of ether oxygens (including phenoxy) is 2. The van der Waals surface area contributed by atoms with Crippen molar-refractivity contribution in [2.75, 3.05) is 26.1 Å². The first-order valence-corrected chi connectivity index (χ1v) is 7.73. The van der Waals surface area contributed by atoms with Crippen LogP contribution in [0.2, 0.25) is 0 Å². The van der Waals surface area contributed by atoms with E-state index >= 15 is 0 Å². The predicted octanol–water partition coefficient (Wildman–Crippen LogP) is 1.78. The van der Waals surface area contributed by atoms with Crippen LogP contribution < -0.4 is 14.8 Å². The van der Waals surface area contributed by atoms with Crippen molar-refractivity contribution in [3.8, 4) is 11.5 Å². The van der Waals surface area contributed by atoms with Crippen molar-refractivity contribution in [3.63, 3.8) is 0 Å². The molecule has 9 heteroatoms. The molecule has 0 unspecified atom stereocenters. The summed E-state index contributed by atoms with van der Waals surface area (Å²) in [5.74, 6) is 0.763. The first-order valence-electron chi connectivity index (χ1n) is 7.73. The number of nitrogens with zero attached hydrogens (tertiary/aromatic N) is 3. The van der Waals surface area contributed by atoms with E-state index in [1.165, 1.54) is 7.11 Å². The third-order valence-electron chi connectivity index (χ3n) is 3.71. The van der Waals surface area contributed by atoms with Crippen molar-refractivity contribution in [1.82, 2.24) is 10.3 Å². The lowest BCUT2D eigenvalue weighted by Crippen LogP contribution is -2.19. The van der Waals surface area contributed by atoms with Gasteiger partial charge in [-0.3, -0.25) is 4.79 Å². The molecule has 9 nitrogen and oxygen atoms in total. The van der Waals surface area contributed by atoms with Gasteiger partial charge in [0.1, 0.15) is 22.9 Å². The maximum Gasteiger partial charge on any atom is 0.265 e. The maximum absolute atomic E-state index is 12.0. The number of hydrogen-bond donors (Lipinski definition) is 1. The van der Waals surface area contributed by atoms with Gasteiger partial charge in [-0.15, -0.1) is 0 Å². The van der Waals surface area contributed by atoms with Gasteiger partial charge in [-0.05, 0) is 36.6 Å². The summed E-state index contributed by atoms with van der Waals surface area (Å²) >= 11 is 0. The molecule has 1 aromatic carbocycles. The third kappa shape index (κ3) is 3.87. The van der Waals surface area contributed by atoms with Crippen LogP contribution in [0.4, 0.5) is 5.69 Å². The number of carbonyl (C=O) groups excluding carboxylic acids is 1. The number of benzene rings is 1. The second-order valence-corrected chi connectivity index (χ2v) is 5.34. The summed E-state index contributed by atoms with van der Waals surface area (Å²) < 4.78 is 15.1. The maximum atomic E-state index is 12.0. The lowest BCUT2D eigenvalue weighted by Gasteiger charge is -2.12. The van der Waals surface area contributed by atoms with Gasteiger partial charge in [-0.1, -0.05) is 10.3 Å². The Bertz CT molecular complexity index is 787. The Kier molecular flexibility index (Phi) is 5.12. The van der Waals surface area contributed by atoms with Gasteiger partial charge < -0.3 is 19.6 Å². The number of aryl methyl sites for hydroxylation is 1. The Balaban J connectivity index is 1.58. The summed E-state index contributed by atoms with van der Waals surface area (Å²) in [6, 6.07) is 5.09. The largest absolute Gasteiger partial charge is 0.497 e. The minimum absolute atomic E-state index is 0.237. The molecule has 132 valence electrons. The molecule has 0 fully saturated rings. The minimum Gasteiger partial charge on any atom is -0.497 e. The number of aromatic nitrogens is 2. The highest BCUT2D eigenvalue weighted by atomic mass is 16.6. The van der Waals surface area contributed by atoms with Crippen molar-refractivity contribution in [2.24, 2.45) is 5.16 Å². The second-order valence-electron chi connectivity index (χ2n) is 5.34. The monoisotopic (exact) mass is 346 g/mol. The number of hydrogen-bond acceptors (Lipinski definition) is 8.